The van der Waals surface area contributed by atoms with Crippen molar-refractivity contribution in [1.29, 1.82) is 0 Å². The second-order valence-corrected chi connectivity index (χ2v) is 7.04. The highest BCUT2D eigenvalue weighted by Crippen LogP contribution is 2.34. The fraction of sp³-hybridized carbons (Fsp3) is 0.111. The van der Waals surface area contributed by atoms with Crippen molar-refractivity contribution >= 4 is 85.7 Å². The normalized spacial score (nSPS) is 11.2. The van der Waals surface area contributed by atoms with Crippen molar-refractivity contribution in [3.63, 3.8) is 0 Å². The van der Waals surface area contributed by atoms with Gasteiger partial charge in [0.05, 0.1) is 9.25 Å². The molecule has 4 radical (unpaired) electrons. The number of benzene rings is 1. The first-order valence-electron chi connectivity index (χ1n) is 4.30. The van der Waals surface area contributed by atoms with E-state index in [-0.39, 0.29) is 14.9 Å². The van der Waals surface area contributed by atoms with E-state index in [1.807, 2.05) is 12.1 Å². The summed E-state index contributed by atoms with van der Waals surface area (Å²) in [5.41, 5.74) is 2.86. The zero-order chi connectivity index (χ0) is 11.9. The summed E-state index contributed by atoms with van der Waals surface area (Å²) in [6, 6.07) is 3.84. The third kappa shape index (κ3) is 2.22. The van der Waals surface area contributed by atoms with Crippen LogP contribution in [-0.4, -0.2) is 25.7 Å². The van der Waals surface area contributed by atoms with Gasteiger partial charge in [-0.15, -0.1) is 0 Å². The van der Waals surface area contributed by atoms with Gasteiger partial charge in [-0.25, -0.2) is 0 Å². The van der Waals surface area contributed by atoms with E-state index in [1.165, 1.54) is 0 Å². The highest BCUT2D eigenvalue weighted by atomic mass is 79.9. The van der Waals surface area contributed by atoms with E-state index in [4.69, 9.17) is 15.7 Å². The molecule has 0 N–H and O–H groups in total. The molecule has 1 aromatic carbocycles. The van der Waals surface area contributed by atoms with E-state index in [2.05, 4.69) is 57.8 Å². The molecule has 0 unspecified atom stereocenters. The average Bonchev–Trinajstić information content (AvgIpc) is 2.21. The summed E-state index contributed by atoms with van der Waals surface area (Å²) in [4.78, 5) is 8.48. The molecule has 0 fully saturated rings. The van der Waals surface area contributed by atoms with Crippen LogP contribution < -0.4 is 11.2 Å². The van der Waals surface area contributed by atoms with Crippen LogP contribution in [0.1, 0.15) is 9.30 Å². The molecule has 7 heteroatoms. The van der Waals surface area contributed by atoms with Gasteiger partial charge in [0.25, 0.3) is 0 Å². The van der Waals surface area contributed by atoms with Gasteiger partial charge in [0.2, 0.25) is 0 Å². The molecule has 0 aliphatic heterocycles. The zero-order valence-corrected chi connectivity index (χ0v) is 12.7. The average molecular weight is 400 g/mol. The van der Waals surface area contributed by atoms with Gasteiger partial charge in [-0.05, 0) is 33.2 Å². The molecule has 1 aromatic heterocycles. The van der Waals surface area contributed by atoms with E-state index < -0.39 is 0 Å². The van der Waals surface area contributed by atoms with Crippen LogP contribution in [0.4, 0.5) is 0 Å². The minimum absolute atomic E-state index is 0.00655. The second-order valence-electron chi connectivity index (χ2n) is 3.13. The van der Waals surface area contributed by atoms with Crippen molar-refractivity contribution in [2.45, 2.75) is 3.74 Å². The van der Waals surface area contributed by atoms with Gasteiger partial charge in [0.1, 0.15) is 21.2 Å². The topological polar surface area (TPSA) is 25.8 Å². The Hall–Kier alpha value is 0.130. The Morgan fingerprint density at radius 1 is 1.00 bits per heavy atom. The van der Waals surface area contributed by atoms with Gasteiger partial charge in [-0.2, -0.15) is 0 Å². The van der Waals surface area contributed by atoms with Crippen molar-refractivity contribution in [2.24, 2.45) is 0 Å². The quantitative estimate of drug-likeness (QED) is 0.539. The zero-order valence-electron chi connectivity index (χ0n) is 7.92. The number of hydrogen-bond donors (Lipinski definition) is 0. The van der Waals surface area contributed by atoms with Gasteiger partial charge < -0.3 is 0 Å². The van der Waals surface area contributed by atoms with Crippen LogP contribution >= 0.6 is 47.8 Å². The first kappa shape index (κ1) is 12.6. The van der Waals surface area contributed by atoms with Crippen LogP contribution in [0.2, 0.25) is 0 Å². The Morgan fingerprint density at radius 3 is 2.12 bits per heavy atom. The molecule has 2 aromatic rings. The maximum atomic E-state index is 5.66. The molecule has 0 atom stereocenters. The lowest BCUT2D eigenvalue weighted by molar-refractivity contribution is 1.33. The summed E-state index contributed by atoms with van der Waals surface area (Å²) >= 11 is 10.3. The lowest BCUT2D eigenvalue weighted by Gasteiger charge is -2.10. The Morgan fingerprint density at radius 2 is 1.56 bits per heavy atom. The lowest BCUT2D eigenvalue weighted by atomic mass is 9.90. The van der Waals surface area contributed by atoms with Crippen LogP contribution in [0.5, 0.6) is 0 Å². The molecular weight excluding hydrogens is 397 g/mol. The van der Waals surface area contributed by atoms with Crippen molar-refractivity contribution in [3.05, 3.63) is 22.2 Å². The Labute approximate surface area is 121 Å². The summed E-state index contributed by atoms with van der Waals surface area (Å²) < 4.78 is 0.832. The molecule has 0 aliphatic carbocycles. The van der Waals surface area contributed by atoms with Gasteiger partial charge in [-0.3, -0.25) is 9.97 Å². The third-order valence-corrected chi connectivity index (χ3v) is 3.72. The maximum Gasteiger partial charge on any atom is 0.143 e. The van der Waals surface area contributed by atoms with Gasteiger partial charge in [0.15, 0.2) is 0 Å². The molecule has 0 saturated heterocycles. The number of halogens is 3. The molecule has 76 valence electrons. The molecular formula is C9H3B2Br3N2. The van der Waals surface area contributed by atoms with E-state index in [0.29, 0.717) is 5.52 Å². The second kappa shape index (κ2) is 4.78. The number of rotatable bonds is 1. The molecule has 1 heterocycles. The summed E-state index contributed by atoms with van der Waals surface area (Å²) in [7, 11) is 11.3. The third-order valence-electron chi connectivity index (χ3n) is 2.10. The van der Waals surface area contributed by atoms with E-state index in [1.54, 1.807) is 0 Å². The predicted molar refractivity (Wildman–Crippen MR) is 78.6 cm³/mol. The molecule has 0 spiro atoms. The van der Waals surface area contributed by atoms with E-state index >= 15 is 0 Å². The van der Waals surface area contributed by atoms with Crippen LogP contribution in [0.25, 0.3) is 11.0 Å². The van der Waals surface area contributed by atoms with Crippen LogP contribution in [0.15, 0.2) is 16.6 Å². The maximum absolute atomic E-state index is 5.66. The first-order valence-corrected chi connectivity index (χ1v) is 6.92. The number of nitrogens with zero attached hydrogens (tertiary/aromatic N) is 2. The Kier molecular flexibility index (Phi) is 3.76. The van der Waals surface area contributed by atoms with Gasteiger partial charge in [0, 0.05) is 10.0 Å². The SMILES string of the molecule is [B]c1nc2c(Br)ccc(C(Br)Br)c2nc1[B]. The molecule has 0 bridgehead atoms. The monoisotopic (exact) mass is 398 g/mol. The Bertz CT molecular complexity index is 560. The van der Waals surface area contributed by atoms with Crippen molar-refractivity contribution in [1.82, 2.24) is 9.97 Å². The fourth-order valence-electron chi connectivity index (χ4n) is 1.33. The van der Waals surface area contributed by atoms with Gasteiger partial charge >= 0.3 is 0 Å². The first-order chi connectivity index (χ1) is 7.50. The minimum Gasteiger partial charge on any atom is -0.261 e. The van der Waals surface area contributed by atoms with E-state index in [0.717, 1.165) is 15.6 Å². The molecule has 2 nitrogen and oxygen atoms in total. The van der Waals surface area contributed by atoms with Crippen molar-refractivity contribution in [2.75, 3.05) is 0 Å². The molecule has 0 saturated carbocycles. The fourth-order valence-corrected chi connectivity index (χ4v) is 2.47. The van der Waals surface area contributed by atoms with Crippen LogP contribution in [0, 0.1) is 0 Å². The number of fused-ring (bicyclic) bond motifs is 1. The van der Waals surface area contributed by atoms with Crippen molar-refractivity contribution < 1.29 is 0 Å². The molecule has 0 aliphatic rings. The summed E-state index contributed by atoms with van der Waals surface area (Å²) in [5, 5.41) is 0. The number of alkyl halides is 2. The summed E-state index contributed by atoms with van der Waals surface area (Å²) in [5.74, 6) is 0. The summed E-state index contributed by atoms with van der Waals surface area (Å²) in [6.45, 7) is 0. The summed E-state index contributed by atoms with van der Waals surface area (Å²) in [6.07, 6.45) is 0. The predicted octanol–water partition coefficient (Wildman–Crippen LogP) is 1.77. The van der Waals surface area contributed by atoms with Crippen LogP contribution in [0.3, 0.4) is 0 Å². The minimum atomic E-state index is -0.00655. The van der Waals surface area contributed by atoms with Crippen molar-refractivity contribution in [3.8, 4) is 0 Å². The molecule has 16 heavy (non-hydrogen) atoms. The van der Waals surface area contributed by atoms with E-state index in [9.17, 15) is 0 Å². The highest BCUT2D eigenvalue weighted by Gasteiger charge is 2.13. The smallest absolute Gasteiger partial charge is 0.143 e. The lowest BCUT2D eigenvalue weighted by Crippen LogP contribution is -2.32. The van der Waals surface area contributed by atoms with Crippen LogP contribution in [-0.2, 0) is 0 Å². The van der Waals surface area contributed by atoms with Gasteiger partial charge in [-0.1, -0.05) is 37.9 Å². The largest absolute Gasteiger partial charge is 0.261 e. The number of hydrogen-bond acceptors (Lipinski definition) is 2. The molecule has 2 rings (SSSR count). The standard InChI is InChI=1S/C9H3B2Br3N2/c10-7-8(11)16-6-4(12)2-1-3(9(13)14)5(6)15-7/h1-2,9H. The Balaban J connectivity index is 2.87. The highest BCUT2D eigenvalue weighted by molar-refractivity contribution is 9.24. The molecule has 0 amide bonds. The number of aromatic nitrogens is 2.